The molecule has 180 valence electrons. The maximum atomic E-state index is 12.9. The maximum absolute atomic E-state index is 12.9. The number of Topliss-reactive ketones (excluding diaryl/α,β-unsaturated/α-hetero) is 1. The fourth-order valence-electron chi connectivity index (χ4n) is 7.82. The van der Waals surface area contributed by atoms with Crippen LogP contribution in [0, 0.1) is 17.3 Å². The van der Waals surface area contributed by atoms with E-state index in [1.165, 1.54) is 23.6 Å². The van der Waals surface area contributed by atoms with Gasteiger partial charge < -0.3 is 9.47 Å². The van der Waals surface area contributed by atoms with E-state index in [4.69, 9.17) is 9.47 Å². The molecule has 5 atom stereocenters. The van der Waals surface area contributed by atoms with Crippen LogP contribution in [0.3, 0.4) is 0 Å². The van der Waals surface area contributed by atoms with Crippen LogP contribution in [0.4, 0.5) is 0 Å². The summed E-state index contributed by atoms with van der Waals surface area (Å²) in [7, 11) is 1.66. The molecule has 0 heterocycles. The highest BCUT2D eigenvalue weighted by Crippen LogP contribution is 2.65. The van der Waals surface area contributed by atoms with Gasteiger partial charge in [-0.15, -0.1) is 0 Å². The van der Waals surface area contributed by atoms with Gasteiger partial charge in [0.05, 0.1) is 7.11 Å². The lowest BCUT2D eigenvalue weighted by atomic mass is 9.53. The minimum absolute atomic E-state index is 0.0282. The molecule has 0 aliphatic heterocycles. The molecule has 1 aromatic rings. The Morgan fingerprint density at radius 3 is 2.41 bits per heavy atom. The number of hydrogen-bond donors (Lipinski definition) is 0. The number of benzene rings is 1. The second-order valence-electron chi connectivity index (χ2n) is 10.8. The molecule has 2 fully saturated rings. The second-order valence-corrected chi connectivity index (χ2v) is 10.8. The quantitative estimate of drug-likeness (QED) is 0.554. The molecule has 1 aromatic carbocycles. The molecule has 0 spiro atoms. The van der Waals surface area contributed by atoms with E-state index < -0.39 is 5.60 Å². The highest BCUT2D eigenvalue weighted by atomic mass is 16.6. The first-order valence-electron chi connectivity index (χ1n) is 12.5. The molecule has 0 bridgehead atoms. The number of fused-ring (bicyclic) bond motifs is 4. The van der Waals surface area contributed by atoms with Crippen molar-refractivity contribution < 1.29 is 23.9 Å². The van der Waals surface area contributed by atoms with Crippen molar-refractivity contribution in [3.05, 3.63) is 52.6 Å². The van der Waals surface area contributed by atoms with Gasteiger partial charge in [-0.25, -0.2) is 0 Å². The molecule has 0 radical (unpaired) electrons. The van der Waals surface area contributed by atoms with E-state index in [0.29, 0.717) is 24.7 Å². The number of carbonyl (C=O) groups is 3. The van der Waals surface area contributed by atoms with E-state index >= 15 is 0 Å². The van der Waals surface area contributed by atoms with Gasteiger partial charge in [-0.3, -0.25) is 14.4 Å². The van der Waals surface area contributed by atoms with E-state index in [0.717, 1.165) is 43.4 Å². The van der Waals surface area contributed by atoms with E-state index in [9.17, 15) is 14.4 Å². The number of rotatable bonds is 4. The predicted octanol–water partition coefficient (Wildman–Crippen LogP) is 5.49. The molecule has 4 aliphatic rings. The standard InChI is InChI=1S/C29H34O5/c1-17(30)29(34-18(2)31)14-12-26-23-10-7-20-15-21(32)16-25(19-5-8-22(33-4)9-6-19)27(20)24(23)11-13-28(26,29)3/h5-6,8-9,15,23,25-26H,7,10-14,16H2,1-4H3/t23-,25?,26+,28+,29+/m1/s1. The molecular weight excluding hydrogens is 428 g/mol. The van der Waals surface area contributed by atoms with Crippen molar-refractivity contribution in [1.82, 2.24) is 0 Å². The first kappa shape index (κ1) is 23.1. The lowest BCUT2D eigenvalue weighted by molar-refractivity contribution is -0.181. The lowest BCUT2D eigenvalue weighted by Crippen LogP contribution is -2.56. The fourth-order valence-corrected chi connectivity index (χ4v) is 7.82. The van der Waals surface area contributed by atoms with Gasteiger partial charge in [0.25, 0.3) is 0 Å². The number of hydrogen-bond acceptors (Lipinski definition) is 5. The van der Waals surface area contributed by atoms with Crippen LogP contribution in [-0.2, 0) is 19.1 Å². The van der Waals surface area contributed by atoms with Crippen molar-refractivity contribution in [3.63, 3.8) is 0 Å². The van der Waals surface area contributed by atoms with E-state index in [1.807, 2.05) is 18.2 Å². The van der Waals surface area contributed by atoms with Gasteiger partial charge in [0, 0.05) is 24.7 Å². The number of ketones is 2. The summed E-state index contributed by atoms with van der Waals surface area (Å²) in [6, 6.07) is 8.11. The Morgan fingerprint density at radius 1 is 1.03 bits per heavy atom. The number of ether oxygens (including phenoxy) is 2. The van der Waals surface area contributed by atoms with Crippen LogP contribution in [-0.4, -0.2) is 30.2 Å². The van der Waals surface area contributed by atoms with Gasteiger partial charge in [-0.05, 0) is 92.2 Å². The predicted molar refractivity (Wildman–Crippen MR) is 128 cm³/mol. The van der Waals surface area contributed by atoms with Crippen molar-refractivity contribution in [2.45, 2.75) is 77.2 Å². The Hall–Kier alpha value is -2.69. The van der Waals surface area contributed by atoms with Crippen molar-refractivity contribution in [1.29, 1.82) is 0 Å². The number of methoxy groups -OCH3 is 1. The summed E-state index contributed by atoms with van der Waals surface area (Å²) in [5, 5.41) is 0. The summed E-state index contributed by atoms with van der Waals surface area (Å²) in [6.45, 7) is 5.17. The minimum atomic E-state index is -1.02. The van der Waals surface area contributed by atoms with Crippen LogP contribution in [0.15, 0.2) is 47.1 Å². The SMILES string of the molecule is COc1ccc(C2CC(=O)C=C3CC[C@@H]4C(=C32)CC[C@@]2(C)[C@H]4CC[C@]2(OC(C)=O)C(C)=O)cc1. The molecule has 0 N–H and O–H groups in total. The summed E-state index contributed by atoms with van der Waals surface area (Å²) in [5.74, 6) is 1.32. The summed E-state index contributed by atoms with van der Waals surface area (Å²) in [5.41, 5.74) is 3.79. The average Bonchev–Trinajstić information content (AvgIpc) is 3.11. The van der Waals surface area contributed by atoms with Crippen LogP contribution in [0.2, 0.25) is 0 Å². The first-order chi connectivity index (χ1) is 16.2. The molecule has 4 aliphatic carbocycles. The summed E-state index contributed by atoms with van der Waals surface area (Å²) in [4.78, 5) is 37.6. The van der Waals surface area contributed by atoms with Gasteiger partial charge >= 0.3 is 5.97 Å². The lowest BCUT2D eigenvalue weighted by Gasteiger charge is -2.52. The molecule has 2 saturated carbocycles. The number of allylic oxidation sites excluding steroid dienone is 4. The average molecular weight is 463 g/mol. The highest BCUT2D eigenvalue weighted by Gasteiger charge is 2.65. The van der Waals surface area contributed by atoms with Gasteiger partial charge in [0.15, 0.2) is 17.2 Å². The van der Waals surface area contributed by atoms with Gasteiger partial charge in [-0.2, -0.15) is 0 Å². The van der Waals surface area contributed by atoms with Crippen LogP contribution < -0.4 is 4.74 Å². The zero-order chi connectivity index (χ0) is 24.3. The van der Waals surface area contributed by atoms with Crippen molar-refractivity contribution in [2.75, 3.05) is 7.11 Å². The third-order valence-corrected chi connectivity index (χ3v) is 9.31. The highest BCUT2D eigenvalue weighted by molar-refractivity contribution is 5.94. The molecular formula is C29H34O5. The van der Waals surface area contributed by atoms with Crippen LogP contribution in [0.25, 0.3) is 0 Å². The molecule has 0 aromatic heterocycles. The zero-order valence-corrected chi connectivity index (χ0v) is 20.6. The molecule has 5 heteroatoms. The Morgan fingerprint density at radius 2 is 1.76 bits per heavy atom. The smallest absolute Gasteiger partial charge is 0.303 e. The van der Waals surface area contributed by atoms with Crippen molar-refractivity contribution in [2.24, 2.45) is 17.3 Å². The summed E-state index contributed by atoms with van der Waals surface area (Å²) < 4.78 is 11.2. The van der Waals surface area contributed by atoms with E-state index in [2.05, 4.69) is 19.1 Å². The monoisotopic (exact) mass is 462 g/mol. The number of carbonyl (C=O) groups excluding carboxylic acids is 3. The number of esters is 1. The van der Waals surface area contributed by atoms with E-state index in [-0.39, 0.29) is 28.9 Å². The zero-order valence-electron chi connectivity index (χ0n) is 20.6. The van der Waals surface area contributed by atoms with Crippen molar-refractivity contribution in [3.8, 4) is 5.75 Å². The minimum Gasteiger partial charge on any atom is -0.497 e. The molecule has 0 amide bonds. The third kappa shape index (κ3) is 3.30. The normalized spacial score (nSPS) is 34.5. The maximum Gasteiger partial charge on any atom is 0.303 e. The van der Waals surface area contributed by atoms with Crippen LogP contribution in [0.5, 0.6) is 5.75 Å². The van der Waals surface area contributed by atoms with Crippen LogP contribution in [0.1, 0.15) is 77.2 Å². The third-order valence-electron chi connectivity index (χ3n) is 9.31. The second kappa shape index (κ2) is 8.21. The van der Waals surface area contributed by atoms with Gasteiger partial charge in [0.1, 0.15) is 5.75 Å². The first-order valence-corrected chi connectivity index (χ1v) is 12.5. The molecule has 5 nitrogen and oxygen atoms in total. The Labute approximate surface area is 201 Å². The Bertz CT molecular complexity index is 1110. The molecule has 5 rings (SSSR count). The van der Waals surface area contributed by atoms with Crippen LogP contribution >= 0.6 is 0 Å². The largest absolute Gasteiger partial charge is 0.497 e. The topological polar surface area (TPSA) is 69.7 Å². The van der Waals surface area contributed by atoms with E-state index in [1.54, 1.807) is 14.0 Å². The summed E-state index contributed by atoms with van der Waals surface area (Å²) in [6.07, 6.45) is 7.42. The Kier molecular flexibility index (Phi) is 5.57. The fraction of sp³-hybridized carbons (Fsp3) is 0.552. The van der Waals surface area contributed by atoms with Gasteiger partial charge in [0.2, 0.25) is 0 Å². The molecule has 0 saturated heterocycles. The van der Waals surface area contributed by atoms with Crippen molar-refractivity contribution >= 4 is 17.5 Å². The molecule has 1 unspecified atom stereocenters. The summed E-state index contributed by atoms with van der Waals surface area (Å²) >= 11 is 0. The molecule has 34 heavy (non-hydrogen) atoms. The Balaban J connectivity index is 1.58. The van der Waals surface area contributed by atoms with Gasteiger partial charge in [-0.1, -0.05) is 24.6 Å².